The molecule has 0 unspecified atom stereocenters. The number of rotatable bonds is 2. The smallest absolute Gasteiger partial charge is 0.235 e. The number of benzene rings is 1. The molecule has 1 fully saturated rings. The zero-order chi connectivity index (χ0) is 10.9. The highest BCUT2D eigenvalue weighted by Crippen LogP contribution is 2.42. The van der Waals surface area contributed by atoms with Gasteiger partial charge in [-0.05, 0) is 17.7 Å². The normalized spacial score (nSPS) is 17.7. The van der Waals surface area contributed by atoms with Gasteiger partial charge in [-0.2, -0.15) is 4.99 Å². The van der Waals surface area contributed by atoms with E-state index in [0.29, 0.717) is 5.56 Å². The summed E-state index contributed by atoms with van der Waals surface area (Å²) in [6, 6.07) is 6.46. The molecule has 0 amide bonds. The summed E-state index contributed by atoms with van der Waals surface area (Å²) >= 11 is 0. The summed E-state index contributed by atoms with van der Waals surface area (Å²) in [5, 5.41) is 9.31. The molecule has 1 aromatic carbocycles. The summed E-state index contributed by atoms with van der Waals surface area (Å²) in [4.78, 5) is 25.0. The van der Waals surface area contributed by atoms with Gasteiger partial charge in [-0.1, -0.05) is 12.1 Å². The Balaban J connectivity index is 2.42. The van der Waals surface area contributed by atoms with Crippen molar-refractivity contribution in [1.29, 1.82) is 0 Å². The summed E-state index contributed by atoms with van der Waals surface area (Å²) in [7, 11) is 0. The number of ketones is 1. The lowest BCUT2D eigenvalue weighted by atomic mass is 9.71. The van der Waals surface area contributed by atoms with Crippen LogP contribution in [0.2, 0.25) is 0 Å². The van der Waals surface area contributed by atoms with Crippen LogP contribution in [0.3, 0.4) is 0 Å². The minimum atomic E-state index is -0.780. The Labute approximate surface area is 86.3 Å². The van der Waals surface area contributed by atoms with Gasteiger partial charge in [0.1, 0.15) is 17.1 Å². The summed E-state index contributed by atoms with van der Waals surface area (Å²) in [6.45, 7) is 0. The third-order valence-corrected chi connectivity index (χ3v) is 2.62. The van der Waals surface area contributed by atoms with Crippen LogP contribution in [0.25, 0.3) is 0 Å². The SMILES string of the molecule is O=C=NC1(c2cccc(O)c2)CC(=O)C1. The van der Waals surface area contributed by atoms with Crippen molar-refractivity contribution in [2.45, 2.75) is 18.4 Å². The zero-order valence-corrected chi connectivity index (χ0v) is 7.93. The monoisotopic (exact) mass is 203 g/mol. The van der Waals surface area contributed by atoms with Crippen LogP contribution in [0, 0.1) is 0 Å². The van der Waals surface area contributed by atoms with E-state index in [1.54, 1.807) is 12.1 Å². The number of carbonyl (C=O) groups is 1. The van der Waals surface area contributed by atoms with Crippen LogP contribution in [0.5, 0.6) is 5.75 Å². The summed E-state index contributed by atoms with van der Waals surface area (Å²) in [5.41, 5.74) is -0.0946. The van der Waals surface area contributed by atoms with Crippen LogP contribution in [0.4, 0.5) is 0 Å². The second-order valence-corrected chi connectivity index (χ2v) is 3.68. The van der Waals surface area contributed by atoms with Gasteiger partial charge in [0.2, 0.25) is 6.08 Å². The van der Waals surface area contributed by atoms with Crippen LogP contribution in [-0.4, -0.2) is 17.0 Å². The minimum Gasteiger partial charge on any atom is -0.508 e. The van der Waals surface area contributed by atoms with Gasteiger partial charge in [0, 0.05) is 12.8 Å². The van der Waals surface area contributed by atoms with E-state index >= 15 is 0 Å². The number of hydrogen-bond acceptors (Lipinski definition) is 4. The number of isocyanates is 1. The number of aromatic hydroxyl groups is 1. The van der Waals surface area contributed by atoms with Crippen LogP contribution in [-0.2, 0) is 15.1 Å². The molecular formula is C11H9NO3. The first-order chi connectivity index (χ1) is 7.16. The topological polar surface area (TPSA) is 66.7 Å². The highest BCUT2D eigenvalue weighted by atomic mass is 16.3. The fourth-order valence-electron chi connectivity index (χ4n) is 1.83. The molecule has 15 heavy (non-hydrogen) atoms. The van der Waals surface area contributed by atoms with Crippen molar-refractivity contribution in [3.8, 4) is 5.75 Å². The first kappa shape index (κ1) is 9.62. The molecule has 0 atom stereocenters. The molecule has 0 aliphatic heterocycles. The number of Topliss-reactive ketones (excluding diaryl/α,β-unsaturated/α-hetero) is 1. The molecule has 76 valence electrons. The molecule has 1 aliphatic carbocycles. The Morgan fingerprint density at radius 3 is 2.67 bits per heavy atom. The van der Waals surface area contributed by atoms with E-state index in [1.807, 2.05) is 0 Å². The Kier molecular flexibility index (Phi) is 2.14. The Bertz CT molecular complexity index is 453. The average Bonchev–Trinajstić information content (AvgIpc) is 2.15. The Morgan fingerprint density at radius 1 is 1.40 bits per heavy atom. The van der Waals surface area contributed by atoms with E-state index < -0.39 is 5.54 Å². The maximum absolute atomic E-state index is 11.0. The molecule has 0 spiro atoms. The van der Waals surface area contributed by atoms with Crippen molar-refractivity contribution >= 4 is 11.9 Å². The van der Waals surface area contributed by atoms with Crippen molar-refractivity contribution in [2.24, 2.45) is 4.99 Å². The number of hydrogen-bond donors (Lipinski definition) is 1. The summed E-state index contributed by atoms with van der Waals surface area (Å²) in [5.74, 6) is 0.171. The molecule has 1 aromatic rings. The molecule has 0 bridgehead atoms. The van der Waals surface area contributed by atoms with E-state index in [1.165, 1.54) is 18.2 Å². The van der Waals surface area contributed by atoms with Gasteiger partial charge in [0.05, 0.1) is 0 Å². The van der Waals surface area contributed by atoms with E-state index in [0.717, 1.165) is 0 Å². The molecule has 4 heteroatoms. The number of phenolic OH excluding ortho intramolecular Hbond substituents is 1. The molecular weight excluding hydrogens is 194 g/mol. The van der Waals surface area contributed by atoms with Gasteiger partial charge in [-0.15, -0.1) is 0 Å². The van der Waals surface area contributed by atoms with Crippen molar-refractivity contribution in [3.63, 3.8) is 0 Å². The number of aliphatic imine (C=N–C) groups is 1. The zero-order valence-electron chi connectivity index (χ0n) is 7.93. The van der Waals surface area contributed by atoms with Gasteiger partial charge in [0.15, 0.2) is 0 Å². The predicted molar refractivity (Wildman–Crippen MR) is 52.1 cm³/mol. The maximum Gasteiger partial charge on any atom is 0.235 e. The average molecular weight is 203 g/mol. The first-order valence-electron chi connectivity index (χ1n) is 4.56. The van der Waals surface area contributed by atoms with Gasteiger partial charge in [0.25, 0.3) is 0 Å². The van der Waals surface area contributed by atoms with E-state index in [-0.39, 0.29) is 24.4 Å². The molecule has 0 aromatic heterocycles. The largest absolute Gasteiger partial charge is 0.508 e. The third kappa shape index (κ3) is 1.55. The van der Waals surface area contributed by atoms with Crippen LogP contribution < -0.4 is 0 Å². The van der Waals surface area contributed by atoms with Crippen LogP contribution in [0.1, 0.15) is 18.4 Å². The van der Waals surface area contributed by atoms with Crippen molar-refractivity contribution < 1.29 is 14.7 Å². The number of nitrogens with zero attached hydrogens (tertiary/aromatic N) is 1. The minimum absolute atomic E-state index is 0.0670. The van der Waals surface area contributed by atoms with E-state index in [4.69, 9.17) is 0 Å². The second-order valence-electron chi connectivity index (χ2n) is 3.68. The summed E-state index contributed by atoms with van der Waals surface area (Å²) in [6.07, 6.45) is 1.92. The van der Waals surface area contributed by atoms with Gasteiger partial charge in [-0.25, -0.2) is 4.79 Å². The lowest BCUT2D eigenvalue weighted by Gasteiger charge is -2.35. The third-order valence-electron chi connectivity index (χ3n) is 2.62. The Hall–Kier alpha value is -1.93. The predicted octanol–water partition coefficient (Wildman–Crippen LogP) is 1.29. The van der Waals surface area contributed by atoms with Crippen molar-refractivity contribution in [3.05, 3.63) is 29.8 Å². The van der Waals surface area contributed by atoms with Crippen molar-refractivity contribution in [1.82, 2.24) is 0 Å². The quantitative estimate of drug-likeness (QED) is 0.581. The molecule has 1 N–H and O–H groups in total. The van der Waals surface area contributed by atoms with Gasteiger partial charge < -0.3 is 5.11 Å². The standard InChI is InChI=1S/C11H9NO3/c13-7-12-11(5-10(15)6-11)8-2-1-3-9(14)4-8/h1-4,14H,5-6H2. The molecule has 0 radical (unpaired) electrons. The Morgan fingerprint density at radius 2 is 2.13 bits per heavy atom. The molecule has 1 saturated carbocycles. The highest BCUT2D eigenvalue weighted by molar-refractivity contribution is 5.88. The lowest BCUT2D eigenvalue weighted by Crippen LogP contribution is -2.39. The number of phenols is 1. The fourth-order valence-corrected chi connectivity index (χ4v) is 1.83. The number of carbonyl (C=O) groups excluding carboxylic acids is 2. The molecule has 1 aliphatic rings. The first-order valence-corrected chi connectivity index (χ1v) is 4.56. The molecule has 4 nitrogen and oxygen atoms in total. The molecule has 0 heterocycles. The molecule has 2 rings (SSSR count). The van der Waals surface area contributed by atoms with Crippen LogP contribution in [0.15, 0.2) is 29.3 Å². The summed E-state index contributed by atoms with van der Waals surface area (Å²) < 4.78 is 0. The maximum atomic E-state index is 11.0. The van der Waals surface area contributed by atoms with E-state index in [9.17, 15) is 14.7 Å². The van der Waals surface area contributed by atoms with Gasteiger partial charge in [-0.3, -0.25) is 4.79 Å². The second kappa shape index (κ2) is 3.33. The van der Waals surface area contributed by atoms with Crippen LogP contribution >= 0.6 is 0 Å². The highest BCUT2D eigenvalue weighted by Gasteiger charge is 2.45. The molecule has 0 saturated heterocycles. The van der Waals surface area contributed by atoms with Crippen molar-refractivity contribution in [2.75, 3.05) is 0 Å². The van der Waals surface area contributed by atoms with Gasteiger partial charge >= 0.3 is 0 Å². The fraction of sp³-hybridized carbons (Fsp3) is 0.273. The van der Waals surface area contributed by atoms with E-state index in [2.05, 4.69) is 4.99 Å². The lowest BCUT2D eigenvalue weighted by molar-refractivity contribution is -0.128.